The Morgan fingerprint density at radius 3 is 2.43 bits per heavy atom. The Labute approximate surface area is 121 Å². The molecule has 2 aromatic heterocycles. The zero-order chi connectivity index (χ0) is 15.9. The Balaban J connectivity index is 2.88. The molecule has 0 saturated carbocycles. The highest BCUT2D eigenvalue weighted by atomic mass is 35.5. The van der Waals surface area contributed by atoms with E-state index in [0.29, 0.717) is 10.6 Å². The molecule has 0 atom stereocenters. The number of fused-ring (bicyclic) bond motifs is 1. The van der Waals surface area contributed by atoms with E-state index in [4.69, 9.17) is 11.6 Å². The first kappa shape index (κ1) is 15.3. The van der Waals surface area contributed by atoms with Gasteiger partial charge in [-0.15, -0.1) is 0 Å². The third-order valence-electron chi connectivity index (χ3n) is 2.75. The molecule has 0 aliphatic rings. The topological polar surface area (TPSA) is 60.7 Å². The van der Waals surface area contributed by atoms with Crippen molar-refractivity contribution in [3.8, 4) is 0 Å². The maximum absolute atomic E-state index is 13.1. The van der Waals surface area contributed by atoms with E-state index >= 15 is 0 Å². The molecule has 112 valence electrons. The van der Waals surface area contributed by atoms with E-state index in [0.717, 1.165) is 20.1 Å². The second-order valence-electron chi connectivity index (χ2n) is 4.13. The molecule has 2 rings (SSSR count). The van der Waals surface area contributed by atoms with Crippen LogP contribution in [0.5, 0.6) is 0 Å². The predicted octanol–water partition coefficient (Wildman–Crippen LogP) is 3.00. The summed E-state index contributed by atoms with van der Waals surface area (Å²) >= 11 is 5.87. The highest BCUT2D eigenvalue weighted by Crippen LogP contribution is 2.33. The number of halogens is 4. The van der Waals surface area contributed by atoms with Crippen molar-refractivity contribution in [3.63, 3.8) is 0 Å². The van der Waals surface area contributed by atoms with Crippen molar-refractivity contribution in [3.05, 3.63) is 34.1 Å². The molecule has 0 aromatic carbocycles. The van der Waals surface area contributed by atoms with E-state index in [1.807, 2.05) is 0 Å². The van der Waals surface area contributed by atoms with Crippen molar-refractivity contribution in [2.75, 3.05) is 7.11 Å². The summed E-state index contributed by atoms with van der Waals surface area (Å²) in [5.74, 6) is -1.54. The number of ether oxygens (including phenoxy) is 1. The van der Waals surface area contributed by atoms with Crippen LogP contribution in [-0.2, 0) is 10.9 Å². The maximum Gasteiger partial charge on any atom is 0.433 e. The molecule has 2 aromatic rings. The van der Waals surface area contributed by atoms with E-state index in [1.54, 1.807) is 0 Å². The normalized spacial score (nSPS) is 11.7. The molecule has 5 nitrogen and oxygen atoms in total. The van der Waals surface area contributed by atoms with Crippen molar-refractivity contribution in [1.82, 2.24) is 9.61 Å². The van der Waals surface area contributed by atoms with Crippen LogP contribution in [0.25, 0.3) is 5.52 Å². The number of carbonyl (C=O) groups is 2. The molecule has 0 aliphatic carbocycles. The average Bonchev–Trinajstić information content (AvgIpc) is 2.73. The summed E-state index contributed by atoms with van der Waals surface area (Å²) in [7, 11) is 1.05. The van der Waals surface area contributed by atoms with Crippen LogP contribution in [0.2, 0.25) is 5.02 Å². The van der Waals surface area contributed by atoms with Gasteiger partial charge in [0.1, 0.15) is 10.7 Å². The van der Waals surface area contributed by atoms with E-state index in [-0.39, 0.29) is 16.1 Å². The van der Waals surface area contributed by atoms with Gasteiger partial charge in [0, 0.05) is 5.56 Å². The number of hydrogen-bond donors (Lipinski definition) is 0. The highest BCUT2D eigenvalue weighted by molar-refractivity contribution is 6.36. The molecule has 0 radical (unpaired) electrons. The SMILES string of the molecule is COC(=O)c1nn2c(C(F)(F)F)cc(C(C)=O)cc2c1Cl. The van der Waals surface area contributed by atoms with Gasteiger partial charge in [-0.25, -0.2) is 9.31 Å². The first-order chi connectivity index (χ1) is 9.66. The molecule has 0 saturated heterocycles. The molecular formula is C12H8ClF3N2O3. The third kappa shape index (κ3) is 2.58. The Bertz CT molecular complexity index is 752. The number of Topliss-reactive ketones (excluding diaryl/α,β-unsaturated/α-hetero) is 1. The van der Waals surface area contributed by atoms with Crippen LogP contribution in [0.15, 0.2) is 12.1 Å². The van der Waals surface area contributed by atoms with Crippen molar-refractivity contribution in [2.24, 2.45) is 0 Å². The maximum atomic E-state index is 13.1. The Hall–Kier alpha value is -2.09. The second-order valence-corrected chi connectivity index (χ2v) is 4.51. The third-order valence-corrected chi connectivity index (χ3v) is 3.12. The predicted molar refractivity (Wildman–Crippen MR) is 66.5 cm³/mol. The first-order valence-corrected chi connectivity index (χ1v) is 5.93. The Kier molecular flexibility index (Phi) is 3.66. The van der Waals surface area contributed by atoms with Crippen molar-refractivity contribution < 1.29 is 27.5 Å². The van der Waals surface area contributed by atoms with E-state index in [9.17, 15) is 22.8 Å². The van der Waals surface area contributed by atoms with Crippen LogP contribution < -0.4 is 0 Å². The van der Waals surface area contributed by atoms with Crippen molar-refractivity contribution >= 4 is 28.9 Å². The van der Waals surface area contributed by atoms with Gasteiger partial charge in [0.05, 0.1) is 12.6 Å². The van der Waals surface area contributed by atoms with E-state index in [2.05, 4.69) is 9.84 Å². The molecule has 21 heavy (non-hydrogen) atoms. The first-order valence-electron chi connectivity index (χ1n) is 5.55. The number of hydrogen-bond acceptors (Lipinski definition) is 4. The van der Waals surface area contributed by atoms with E-state index in [1.165, 1.54) is 0 Å². The number of carbonyl (C=O) groups excluding carboxylic acids is 2. The highest BCUT2D eigenvalue weighted by Gasteiger charge is 2.36. The molecular weight excluding hydrogens is 313 g/mol. The standard InChI is InChI=1S/C12H8ClF3N2O3/c1-5(19)6-3-7-9(13)10(11(20)21-2)17-18(7)8(4-6)12(14,15)16/h3-4H,1-2H3. The van der Waals surface area contributed by atoms with Gasteiger partial charge in [-0.05, 0) is 19.1 Å². The van der Waals surface area contributed by atoms with Gasteiger partial charge in [0.25, 0.3) is 0 Å². The average molecular weight is 321 g/mol. The van der Waals surface area contributed by atoms with Gasteiger partial charge in [-0.2, -0.15) is 18.3 Å². The lowest BCUT2D eigenvalue weighted by atomic mass is 10.1. The van der Waals surface area contributed by atoms with Gasteiger partial charge in [-0.3, -0.25) is 4.79 Å². The molecule has 0 unspecified atom stereocenters. The minimum absolute atomic E-state index is 0.187. The quantitative estimate of drug-likeness (QED) is 0.630. The van der Waals surface area contributed by atoms with Crippen molar-refractivity contribution in [2.45, 2.75) is 13.1 Å². The number of aromatic nitrogens is 2. The van der Waals surface area contributed by atoms with Crippen LogP contribution in [0.4, 0.5) is 13.2 Å². The molecule has 2 heterocycles. The summed E-state index contributed by atoms with van der Waals surface area (Å²) in [4.78, 5) is 22.8. The van der Waals surface area contributed by atoms with Crippen LogP contribution in [0, 0.1) is 0 Å². The number of alkyl halides is 3. The number of methoxy groups -OCH3 is 1. The molecule has 0 N–H and O–H groups in total. The largest absolute Gasteiger partial charge is 0.464 e. The summed E-state index contributed by atoms with van der Waals surface area (Å²) in [5, 5.41) is 3.22. The molecule has 0 spiro atoms. The van der Waals surface area contributed by atoms with Crippen LogP contribution >= 0.6 is 11.6 Å². The lowest BCUT2D eigenvalue weighted by Crippen LogP contribution is -2.14. The fourth-order valence-electron chi connectivity index (χ4n) is 1.75. The number of pyridine rings is 1. The zero-order valence-corrected chi connectivity index (χ0v) is 11.5. The van der Waals surface area contributed by atoms with Gasteiger partial charge in [0.2, 0.25) is 0 Å². The molecule has 0 fully saturated rings. The summed E-state index contributed by atoms with van der Waals surface area (Å²) in [6.07, 6.45) is -4.77. The number of ketones is 1. The lowest BCUT2D eigenvalue weighted by molar-refractivity contribution is -0.142. The zero-order valence-electron chi connectivity index (χ0n) is 10.8. The summed E-state index contributed by atoms with van der Waals surface area (Å²) in [6.45, 7) is 1.12. The minimum Gasteiger partial charge on any atom is -0.464 e. The van der Waals surface area contributed by atoms with E-state index < -0.39 is 29.3 Å². The molecule has 0 amide bonds. The van der Waals surface area contributed by atoms with Gasteiger partial charge in [0.15, 0.2) is 11.5 Å². The summed E-state index contributed by atoms with van der Waals surface area (Å²) < 4.78 is 44.0. The van der Waals surface area contributed by atoms with Gasteiger partial charge in [-0.1, -0.05) is 11.6 Å². The van der Waals surface area contributed by atoms with Gasteiger partial charge < -0.3 is 4.74 Å². The molecule has 0 aliphatic heterocycles. The summed E-state index contributed by atoms with van der Waals surface area (Å²) in [6, 6.07) is 1.79. The minimum atomic E-state index is -4.77. The number of esters is 1. The fourth-order valence-corrected chi connectivity index (χ4v) is 2.00. The Morgan fingerprint density at radius 1 is 1.33 bits per heavy atom. The fraction of sp³-hybridized carbons (Fsp3) is 0.250. The van der Waals surface area contributed by atoms with Crippen LogP contribution in [-0.4, -0.2) is 28.5 Å². The lowest BCUT2D eigenvalue weighted by Gasteiger charge is -2.10. The molecule has 9 heteroatoms. The number of rotatable bonds is 2. The summed E-state index contributed by atoms with van der Waals surface area (Å²) in [5.41, 5.74) is -2.04. The van der Waals surface area contributed by atoms with Crippen LogP contribution in [0.3, 0.4) is 0 Å². The van der Waals surface area contributed by atoms with Gasteiger partial charge >= 0.3 is 12.1 Å². The van der Waals surface area contributed by atoms with Crippen molar-refractivity contribution in [1.29, 1.82) is 0 Å². The molecule has 0 bridgehead atoms. The monoisotopic (exact) mass is 320 g/mol. The Morgan fingerprint density at radius 2 is 1.95 bits per heavy atom. The van der Waals surface area contributed by atoms with Crippen LogP contribution in [0.1, 0.15) is 33.5 Å². The smallest absolute Gasteiger partial charge is 0.433 e. The number of nitrogens with zero attached hydrogens (tertiary/aromatic N) is 2. The second kappa shape index (κ2) is 5.03.